The Bertz CT molecular complexity index is 992. The van der Waals surface area contributed by atoms with Crippen LogP contribution >= 0.6 is 11.8 Å². The van der Waals surface area contributed by atoms with Crippen molar-refractivity contribution in [3.05, 3.63) is 82.9 Å². The topological polar surface area (TPSA) is 46.4 Å². The molecule has 0 saturated carbocycles. The van der Waals surface area contributed by atoms with Crippen LogP contribution in [0, 0.1) is 26.6 Å². The summed E-state index contributed by atoms with van der Waals surface area (Å²) in [5.41, 5.74) is 7.51. The Balaban J connectivity index is 1.61. The number of benzene rings is 2. The van der Waals surface area contributed by atoms with Gasteiger partial charge in [0.2, 0.25) is 5.91 Å². The van der Waals surface area contributed by atoms with Crippen LogP contribution < -0.4 is 5.43 Å². The van der Waals surface area contributed by atoms with Gasteiger partial charge in [-0.05, 0) is 63.2 Å². The van der Waals surface area contributed by atoms with Gasteiger partial charge in [-0.2, -0.15) is 5.10 Å². The lowest BCUT2D eigenvalue weighted by atomic mass is 10.2. The Kier molecular flexibility index (Phi) is 6.31. The maximum atomic E-state index is 13.2. The average molecular weight is 396 g/mol. The molecule has 0 saturated heterocycles. The molecule has 3 aromatic rings. The second-order valence-electron chi connectivity index (χ2n) is 6.53. The summed E-state index contributed by atoms with van der Waals surface area (Å²) >= 11 is 1.47. The van der Waals surface area contributed by atoms with E-state index in [1.54, 1.807) is 18.3 Å². The normalized spacial score (nSPS) is 11.1. The zero-order chi connectivity index (χ0) is 20.1. The van der Waals surface area contributed by atoms with Gasteiger partial charge in [0.25, 0.3) is 0 Å². The number of thioether (sulfide) groups is 1. The summed E-state index contributed by atoms with van der Waals surface area (Å²) in [4.78, 5) is 13.0. The first-order valence-electron chi connectivity index (χ1n) is 8.90. The van der Waals surface area contributed by atoms with Crippen molar-refractivity contribution in [3.8, 4) is 5.69 Å². The molecule has 1 heterocycles. The van der Waals surface area contributed by atoms with E-state index in [1.165, 1.54) is 29.5 Å². The highest BCUT2D eigenvalue weighted by Crippen LogP contribution is 2.20. The summed E-state index contributed by atoms with van der Waals surface area (Å²) in [5.74, 6) is -0.122. The number of hydrazone groups is 1. The fourth-order valence-corrected chi connectivity index (χ4v) is 3.59. The molecule has 0 spiro atoms. The van der Waals surface area contributed by atoms with Crippen LogP contribution in [0.2, 0.25) is 0 Å². The second-order valence-corrected chi connectivity index (χ2v) is 7.58. The van der Waals surface area contributed by atoms with E-state index in [-0.39, 0.29) is 11.7 Å². The number of rotatable bonds is 6. The number of carbonyl (C=O) groups is 1. The van der Waals surface area contributed by atoms with E-state index < -0.39 is 0 Å². The maximum absolute atomic E-state index is 13.2. The van der Waals surface area contributed by atoms with Gasteiger partial charge in [-0.25, -0.2) is 9.82 Å². The predicted molar refractivity (Wildman–Crippen MR) is 113 cm³/mol. The van der Waals surface area contributed by atoms with E-state index in [4.69, 9.17) is 0 Å². The van der Waals surface area contributed by atoms with Gasteiger partial charge in [-0.1, -0.05) is 17.7 Å². The van der Waals surface area contributed by atoms with Gasteiger partial charge in [0.1, 0.15) is 5.82 Å². The molecule has 1 aromatic heterocycles. The lowest BCUT2D eigenvalue weighted by Gasteiger charge is -2.09. The molecular formula is C22H22FN3OS. The van der Waals surface area contributed by atoms with Crippen LogP contribution in [0.1, 0.15) is 22.5 Å². The van der Waals surface area contributed by atoms with Crippen LogP contribution in [-0.2, 0) is 4.79 Å². The van der Waals surface area contributed by atoms with Crippen LogP contribution in [0.25, 0.3) is 5.69 Å². The van der Waals surface area contributed by atoms with Crippen LogP contribution in [0.3, 0.4) is 0 Å². The van der Waals surface area contributed by atoms with Gasteiger partial charge < -0.3 is 4.57 Å². The standard InChI is InChI=1S/C22H22FN3OS/c1-15-4-10-21(11-5-15)28-14-22(27)25-24-13-18-12-16(2)26(17(18)3)20-8-6-19(23)7-9-20/h4-13H,14H2,1-3H3,(H,25,27)/b24-13-. The molecule has 6 heteroatoms. The van der Waals surface area contributed by atoms with Crippen LogP contribution in [0.15, 0.2) is 64.6 Å². The van der Waals surface area contributed by atoms with Crippen molar-refractivity contribution in [2.75, 3.05) is 5.75 Å². The number of nitrogens with one attached hydrogen (secondary N) is 1. The first-order chi connectivity index (χ1) is 13.4. The van der Waals surface area contributed by atoms with Gasteiger partial charge in [-0.15, -0.1) is 11.8 Å². The first kappa shape index (κ1) is 19.9. The minimum atomic E-state index is -0.265. The minimum Gasteiger partial charge on any atom is -0.318 e. The first-order valence-corrected chi connectivity index (χ1v) is 9.89. The molecule has 0 atom stereocenters. The van der Waals surface area contributed by atoms with Crippen molar-refractivity contribution in [1.82, 2.24) is 9.99 Å². The molecule has 3 rings (SSSR count). The fraction of sp³-hybridized carbons (Fsp3) is 0.182. The highest BCUT2D eigenvalue weighted by molar-refractivity contribution is 8.00. The Morgan fingerprint density at radius 1 is 1.11 bits per heavy atom. The van der Waals surface area contributed by atoms with E-state index in [0.29, 0.717) is 5.75 Å². The molecule has 1 amide bonds. The average Bonchev–Trinajstić information content (AvgIpc) is 2.96. The molecule has 1 N–H and O–H groups in total. The Morgan fingerprint density at radius 3 is 2.46 bits per heavy atom. The molecule has 4 nitrogen and oxygen atoms in total. The summed E-state index contributed by atoms with van der Waals surface area (Å²) in [6, 6.07) is 16.4. The van der Waals surface area contributed by atoms with E-state index in [1.807, 2.05) is 55.7 Å². The molecule has 0 aliphatic heterocycles. The fourth-order valence-electron chi connectivity index (χ4n) is 2.90. The monoisotopic (exact) mass is 395 g/mol. The van der Waals surface area contributed by atoms with Gasteiger partial charge in [0, 0.05) is 27.5 Å². The maximum Gasteiger partial charge on any atom is 0.250 e. The number of amides is 1. The molecule has 2 aromatic carbocycles. The Hall–Kier alpha value is -2.86. The highest BCUT2D eigenvalue weighted by Gasteiger charge is 2.09. The van der Waals surface area contributed by atoms with E-state index in [9.17, 15) is 9.18 Å². The highest BCUT2D eigenvalue weighted by atomic mass is 32.2. The molecular weight excluding hydrogens is 373 g/mol. The lowest BCUT2D eigenvalue weighted by molar-refractivity contribution is -0.118. The molecule has 0 bridgehead atoms. The lowest BCUT2D eigenvalue weighted by Crippen LogP contribution is -2.19. The number of aromatic nitrogens is 1. The van der Waals surface area contributed by atoms with Crippen molar-refractivity contribution >= 4 is 23.9 Å². The van der Waals surface area contributed by atoms with Crippen molar-refractivity contribution in [2.24, 2.45) is 5.10 Å². The third-order valence-corrected chi connectivity index (χ3v) is 5.35. The molecule has 0 fully saturated rings. The summed E-state index contributed by atoms with van der Waals surface area (Å²) in [6.07, 6.45) is 1.64. The zero-order valence-corrected chi connectivity index (χ0v) is 16.9. The number of hydrogen-bond donors (Lipinski definition) is 1. The molecule has 0 unspecified atom stereocenters. The van der Waals surface area contributed by atoms with E-state index >= 15 is 0 Å². The number of halogens is 1. The SMILES string of the molecule is Cc1ccc(SCC(=O)N/N=C\c2cc(C)n(-c3ccc(F)cc3)c2C)cc1. The van der Waals surface area contributed by atoms with Crippen molar-refractivity contribution in [2.45, 2.75) is 25.7 Å². The van der Waals surface area contributed by atoms with Crippen LogP contribution in [0.4, 0.5) is 4.39 Å². The van der Waals surface area contributed by atoms with Crippen molar-refractivity contribution in [1.29, 1.82) is 0 Å². The predicted octanol–water partition coefficient (Wildman–Crippen LogP) is 4.78. The van der Waals surface area contributed by atoms with Gasteiger partial charge in [-0.3, -0.25) is 4.79 Å². The van der Waals surface area contributed by atoms with Crippen LogP contribution in [0.5, 0.6) is 0 Å². The summed E-state index contributed by atoms with van der Waals surface area (Å²) < 4.78 is 15.2. The van der Waals surface area contributed by atoms with Gasteiger partial charge >= 0.3 is 0 Å². The smallest absolute Gasteiger partial charge is 0.250 e. The molecule has 0 aliphatic carbocycles. The zero-order valence-electron chi connectivity index (χ0n) is 16.1. The van der Waals surface area contributed by atoms with E-state index in [0.717, 1.165) is 27.5 Å². The van der Waals surface area contributed by atoms with E-state index in [2.05, 4.69) is 10.5 Å². The summed E-state index contributed by atoms with van der Waals surface area (Å²) in [7, 11) is 0. The van der Waals surface area contributed by atoms with Crippen LogP contribution in [-0.4, -0.2) is 22.4 Å². The summed E-state index contributed by atoms with van der Waals surface area (Å²) in [6.45, 7) is 5.97. The summed E-state index contributed by atoms with van der Waals surface area (Å²) in [5, 5.41) is 4.08. The number of nitrogens with zero attached hydrogens (tertiary/aromatic N) is 2. The molecule has 0 aliphatic rings. The Morgan fingerprint density at radius 2 is 1.79 bits per heavy atom. The molecule has 144 valence electrons. The Labute approximate surface area is 168 Å². The number of hydrogen-bond acceptors (Lipinski definition) is 3. The molecule has 0 radical (unpaired) electrons. The number of aryl methyl sites for hydroxylation is 2. The molecule has 28 heavy (non-hydrogen) atoms. The van der Waals surface area contributed by atoms with Crippen molar-refractivity contribution in [3.63, 3.8) is 0 Å². The largest absolute Gasteiger partial charge is 0.318 e. The third kappa shape index (κ3) is 4.89. The van der Waals surface area contributed by atoms with Crippen molar-refractivity contribution < 1.29 is 9.18 Å². The quantitative estimate of drug-likeness (QED) is 0.371. The minimum absolute atomic E-state index is 0.158. The third-order valence-electron chi connectivity index (χ3n) is 4.34. The van der Waals surface area contributed by atoms with Gasteiger partial charge in [0.15, 0.2) is 0 Å². The second kappa shape index (κ2) is 8.89. The number of carbonyl (C=O) groups excluding carboxylic acids is 1. The van der Waals surface area contributed by atoms with Gasteiger partial charge in [0.05, 0.1) is 12.0 Å².